The fourth-order valence-corrected chi connectivity index (χ4v) is 4.87. The molecule has 0 amide bonds. The highest BCUT2D eigenvalue weighted by molar-refractivity contribution is 7.93. The van der Waals surface area contributed by atoms with Gasteiger partial charge < -0.3 is 9.47 Å². The predicted molar refractivity (Wildman–Crippen MR) is 119 cm³/mol. The highest BCUT2D eigenvalue weighted by Crippen LogP contribution is 2.30. The third-order valence-electron chi connectivity index (χ3n) is 4.40. The van der Waals surface area contributed by atoms with Crippen LogP contribution in [0.5, 0.6) is 11.5 Å². The second-order valence-corrected chi connectivity index (χ2v) is 9.98. The first-order valence-corrected chi connectivity index (χ1v) is 12.1. The Morgan fingerprint density at radius 1 is 0.677 bits per heavy atom. The highest BCUT2D eigenvalue weighted by Gasteiger charge is 2.21. The van der Waals surface area contributed by atoms with Crippen molar-refractivity contribution in [3.8, 4) is 11.5 Å². The van der Waals surface area contributed by atoms with Crippen molar-refractivity contribution in [2.45, 2.75) is 16.7 Å². The largest absolute Gasteiger partial charge is 0.497 e. The minimum atomic E-state index is -3.99. The van der Waals surface area contributed by atoms with Gasteiger partial charge in [0.25, 0.3) is 20.0 Å². The molecule has 3 aromatic carbocycles. The fourth-order valence-electron chi connectivity index (χ4n) is 2.73. The van der Waals surface area contributed by atoms with Gasteiger partial charge in [0.15, 0.2) is 0 Å². The maximum atomic E-state index is 12.8. The van der Waals surface area contributed by atoms with Crippen LogP contribution in [0.25, 0.3) is 0 Å². The Labute approximate surface area is 181 Å². The quantitative estimate of drug-likeness (QED) is 0.529. The Morgan fingerprint density at radius 3 is 1.84 bits per heavy atom. The molecule has 3 aromatic rings. The van der Waals surface area contributed by atoms with Gasteiger partial charge in [-0.25, -0.2) is 16.8 Å². The van der Waals surface area contributed by atoms with Gasteiger partial charge >= 0.3 is 0 Å². The molecule has 0 aliphatic heterocycles. The maximum Gasteiger partial charge on any atom is 0.262 e. The first kappa shape index (κ1) is 22.4. The molecule has 0 aliphatic carbocycles. The van der Waals surface area contributed by atoms with E-state index in [1.54, 1.807) is 36.4 Å². The van der Waals surface area contributed by atoms with Crippen LogP contribution in [0.1, 0.15) is 5.56 Å². The van der Waals surface area contributed by atoms with Gasteiger partial charge in [-0.3, -0.25) is 9.44 Å². The molecule has 8 nitrogen and oxygen atoms in total. The van der Waals surface area contributed by atoms with E-state index < -0.39 is 20.0 Å². The number of aryl methyl sites for hydroxylation is 1. The summed E-state index contributed by atoms with van der Waals surface area (Å²) in [4.78, 5) is -0.0875. The normalized spacial score (nSPS) is 11.6. The molecular weight excluding hydrogens is 440 g/mol. The van der Waals surface area contributed by atoms with Crippen LogP contribution in [0, 0.1) is 6.92 Å². The molecule has 0 bridgehead atoms. The van der Waals surface area contributed by atoms with Crippen molar-refractivity contribution in [2.24, 2.45) is 0 Å². The molecule has 0 saturated heterocycles. The first-order chi connectivity index (χ1) is 14.6. The average Bonchev–Trinajstić information content (AvgIpc) is 2.74. The summed E-state index contributed by atoms with van der Waals surface area (Å²) in [6.07, 6.45) is 0. The number of anilines is 2. The standard InChI is InChI=1S/C21H22N2O6S2/c1-15-4-10-18(11-5-15)30(24,25)23-20-14-19(12-13-21(20)29-3)31(26,27)22-16-6-8-17(28-2)9-7-16/h4-14,22-23H,1-3H3. The SMILES string of the molecule is COc1ccc(NS(=O)(=O)c2ccc(OC)c(NS(=O)(=O)c3ccc(C)cc3)c2)cc1. The van der Waals surface area contributed by atoms with E-state index >= 15 is 0 Å². The number of methoxy groups -OCH3 is 2. The van der Waals surface area contributed by atoms with E-state index in [1.165, 1.54) is 44.6 Å². The molecular formula is C21H22N2O6S2. The van der Waals surface area contributed by atoms with E-state index in [1.807, 2.05) is 6.92 Å². The highest BCUT2D eigenvalue weighted by atomic mass is 32.2. The number of sulfonamides is 2. The van der Waals surface area contributed by atoms with Crippen LogP contribution in [0.4, 0.5) is 11.4 Å². The second kappa shape index (κ2) is 8.86. The summed E-state index contributed by atoms with van der Waals surface area (Å²) in [5.74, 6) is 0.763. The van der Waals surface area contributed by atoms with Gasteiger partial charge in [0.1, 0.15) is 11.5 Å². The van der Waals surface area contributed by atoms with Crippen molar-refractivity contribution in [3.05, 3.63) is 72.3 Å². The van der Waals surface area contributed by atoms with E-state index in [0.717, 1.165) is 5.56 Å². The molecule has 0 radical (unpaired) electrons. The van der Waals surface area contributed by atoms with Gasteiger partial charge in [0, 0.05) is 5.69 Å². The molecule has 0 heterocycles. The van der Waals surface area contributed by atoms with Gasteiger partial charge in [-0.2, -0.15) is 0 Å². The summed E-state index contributed by atoms with van der Waals surface area (Å²) in [7, 11) is -5.06. The van der Waals surface area contributed by atoms with Gasteiger partial charge in [0.05, 0.1) is 29.7 Å². The lowest BCUT2D eigenvalue weighted by Gasteiger charge is -2.14. The topological polar surface area (TPSA) is 111 Å². The third kappa shape index (κ3) is 5.28. The number of benzene rings is 3. The van der Waals surface area contributed by atoms with Gasteiger partial charge in [-0.15, -0.1) is 0 Å². The Bertz CT molecular complexity index is 1270. The van der Waals surface area contributed by atoms with Gasteiger partial charge in [-0.1, -0.05) is 17.7 Å². The lowest BCUT2D eigenvalue weighted by Crippen LogP contribution is -2.16. The molecule has 0 fully saturated rings. The Kier molecular flexibility index (Phi) is 6.42. The van der Waals surface area contributed by atoms with Crippen LogP contribution < -0.4 is 18.9 Å². The fraction of sp³-hybridized carbons (Fsp3) is 0.143. The summed E-state index contributed by atoms with van der Waals surface area (Å²) in [6, 6.07) is 16.5. The minimum absolute atomic E-state index is 0.000630. The van der Waals surface area contributed by atoms with E-state index in [2.05, 4.69) is 9.44 Å². The van der Waals surface area contributed by atoms with Crippen LogP contribution in [-0.2, 0) is 20.0 Å². The molecule has 0 spiro atoms. The van der Waals surface area contributed by atoms with Crippen LogP contribution >= 0.6 is 0 Å². The van der Waals surface area contributed by atoms with Crippen molar-refractivity contribution in [1.82, 2.24) is 0 Å². The monoisotopic (exact) mass is 462 g/mol. The molecule has 3 rings (SSSR count). The Morgan fingerprint density at radius 2 is 1.26 bits per heavy atom. The summed E-state index contributed by atoms with van der Waals surface area (Å²) >= 11 is 0. The van der Waals surface area contributed by atoms with E-state index in [0.29, 0.717) is 11.4 Å². The summed E-state index contributed by atoms with van der Waals surface area (Å²) in [5.41, 5.74) is 1.24. The molecule has 10 heteroatoms. The van der Waals surface area contributed by atoms with Crippen LogP contribution in [-0.4, -0.2) is 31.1 Å². The molecule has 164 valence electrons. The zero-order chi connectivity index (χ0) is 22.6. The molecule has 0 atom stereocenters. The molecule has 31 heavy (non-hydrogen) atoms. The smallest absolute Gasteiger partial charge is 0.262 e. The molecule has 0 aromatic heterocycles. The van der Waals surface area contributed by atoms with Crippen molar-refractivity contribution < 1.29 is 26.3 Å². The van der Waals surface area contributed by atoms with E-state index in [4.69, 9.17) is 9.47 Å². The summed E-state index contributed by atoms with van der Waals surface area (Å²) < 4.78 is 66.3. The number of rotatable bonds is 8. The van der Waals surface area contributed by atoms with Crippen LogP contribution in [0.2, 0.25) is 0 Å². The summed E-state index contributed by atoms with van der Waals surface area (Å²) in [6.45, 7) is 1.84. The summed E-state index contributed by atoms with van der Waals surface area (Å²) in [5, 5.41) is 0. The third-order valence-corrected chi connectivity index (χ3v) is 7.16. The zero-order valence-electron chi connectivity index (χ0n) is 17.1. The van der Waals surface area contributed by atoms with Crippen molar-refractivity contribution in [3.63, 3.8) is 0 Å². The predicted octanol–water partition coefficient (Wildman–Crippen LogP) is 3.61. The second-order valence-electron chi connectivity index (χ2n) is 6.61. The number of nitrogens with one attached hydrogen (secondary N) is 2. The number of ether oxygens (including phenoxy) is 2. The lowest BCUT2D eigenvalue weighted by molar-refractivity contribution is 0.415. The molecule has 0 aliphatic rings. The van der Waals surface area contributed by atoms with Crippen molar-refractivity contribution in [1.29, 1.82) is 0 Å². The molecule has 0 unspecified atom stereocenters. The maximum absolute atomic E-state index is 12.8. The van der Waals surface area contributed by atoms with Crippen LogP contribution in [0.3, 0.4) is 0 Å². The van der Waals surface area contributed by atoms with Crippen molar-refractivity contribution >= 4 is 31.4 Å². The minimum Gasteiger partial charge on any atom is -0.497 e. The zero-order valence-corrected chi connectivity index (χ0v) is 18.7. The van der Waals surface area contributed by atoms with Crippen molar-refractivity contribution in [2.75, 3.05) is 23.7 Å². The van der Waals surface area contributed by atoms with E-state index in [9.17, 15) is 16.8 Å². The average molecular weight is 463 g/mol. The van der Waals surface area contributed by atoms with Crippen LogP contribution in [0.15, 0.2) is 76.5 Å². The number of hydrogen-bond acceptors (Lipinski definition) is 6. The van der Waals surface area contributed by atoms with Gasteiger partial charge in [0.2, 0.25) is 0 Å². The first-order valence-electron chi connectivity index (χ1n) is 9.09. The lowest BCUT2D eigenvalue weighted by atomic mass is 10.2. The van der Waals surface area contributed by atoms with Gasteiger partial charge in [-0.05, 0) is 61.5 Å². The molecule has 2 N–H and O–H groups in total. The molecule has 0 saturated carbocycles. The number of hydrogen-bond donors (Lipinski definition) is 2. The van der Waals surface area contributed by atoms with E-state index in [-0.39, 0.29) is 21.2 Å². The Hall–Kier alpha value is -3.24. The Balaban J connectivity index is 1.92.